The van der Waals surface area contributed by atoms with Crippen LogP contribution in [0.3, 0.4) is 0 Å². The summed E-state index contributed by atoms with van der Waals surface area (Å²) >= 11 is 0. The van der Waals surface area contributed by atoms with Gasteiger partial charge in [0.2, 0.25) is 0 Å². The Labute approximate surface area is 149 Å². The van der Waals surface area contributed by atoms with Crippen LogP contribution in [0.5, 0.6) is 11.5 Å². The molecule has 25 heavy (non-hydrogen) atoms. The lowest BCUT2D eigenvalue weighted by atomic mass is 9.93. The van der Waals surface area contributed by atoms with Crippen molar-refractivity contribution in [3.63, 3.8) is 0 Å². The molecule has 1 aromatic carbocycles. The van der Waals surface area contributed by atoms with E-state index >= 15 is 0 Å². The van der Waals surface area contributed by atoms with Gasteiger partial charge in [0.1, 0.15) is 11.5 Å². The molecule has 1 aliphatic heterocycles. The largest absolute Gasteiger partial charge is 0.456 e. The van der Waals surface area contributed by atoms with Crippen molar-refractivity contribution >= 4 is 5.91 Å². The first-order valence-electron chi connectivity index (χ1n) is 8.88. The highest BCUT2D eigenvalue weighted by Gasteiger charge is 2.23. The van der Waals surface area contributed by atoms with Gasteiger partial charge in [-0.25, -0.2) is 0 Å². The molecule has 0 spiro atoms. The molecule has 1 aromatic heterocycles. The van der Waals surface area contributed by atoms with Gasteiger partial charge in [-0.3, -0.25) is 9.78 Å². The molecular weight excluding hydrogens is 314 g/mol. The van der Waals surface area contributed by atoms with Crippen LogP contribution in [0.15, 0.2) is 48.8 Å². The third-order valence-corrected chi connectivity index (χ3v) is 4.68. The van der Waals surface area contributed by atoms with Gasteiger partial charge >= 0.3 is 0 Å². The van der Waals surface area contributed by atoms with Crippen molar-refractivity contribution in [1.29, 1.82) is 0 Å². The smallest absolute Gasteiger partial charge is 0.253 e. The maximum absolute atomic E-state index is 12.7. The second-order valence-corrected chi connectivity index (χ2v) is 6.44. The first kappa shape index (κ1) is 17.4. The second kappa shape index (κ2) is 8.62. The summed E-state index contributed by atoms with van der Waals surface area (Å²) in [6, 6.07) is 11.0. The third-order valence-electron chi connectivity index (χ3n) is 4.68. The van der Waals surface area contributed by atoms with E-state index in [2.05, 4.69) is 10.3 Å². The molecule has 1 saturated heterocycles. The van der Waals surface area contributed by atoms with Crippen molar-refractivity contribution in [2.45, 2.75) is 19.3 Å². The summed E-state index contributed by atoms with van der Waals surface area (Å²) in [4.78, 5) is 18.6. The first-order chi connectivity index (χ1) is 12.3. The number of piperidine rings is 1. The van der Waals surface area contributed by atoms with Gasteiger partial charge in [-0.05, 0) is 75.2 Å². The lowest BCUT2D eigenvalue weighted by molar-refractivity contribution is 0.0687. The highest BCUT2D eigenvalue weighted by Crippen LogP contribution is 2.23. The molecule has 5 nitrogen and oxygen atoms in total. The van der Waals surface area contributed by atoms with Crippen LogP contribution in [0.4, 0.5) is 0 Å². The molecule has 0 atom stereocenters. The number of carbonyl (C=O) groups excluding carboxylic acids is 1. The molecule has 1 fully saturated rings. The molecule has 1 amide bonds. The number of hydrogen-bond donors (Lipinski definition) is 1. The Kier molecular flexibility index (Phi) is 6.01. The number of hydrogen-bond acceptors (Lipinski definition) is 4. The van der Waals surface area contributed by atoms with Crippen LogP contribution in [0.1, 0.15) is 29.6 Å². The Morgan fingerprint density at radius 3 is 2.60 bits per heavy atom. The van der Waals surface area contributed by atoms with E-state index in [1.54, 1.807) is 12.4 Å². The number of pyridine rings is 1. The number of likely N-dealkylation sites (tertiary alicyclic amines) is 1. The fourth-order valence-corrected chi connectivity index (χ4v) is 3.16. The molecule has 2 aromatic rings. The van der Waals surface area contributed by atoms with Crippen molar-refractivity contribution in [1.82, 2.24) is 15.2 Å². The summed E-state index contributed by atoms with van der Waals surface area (Å²) in [5.41, 5.74) is 0.715. The van der Waals surface area contributed by atoms with Gasteiger partial charge < -0.3 is 15.0 Å². The number of carbonyl (C=O) groups is 1. The molecule has 2 heterocycles. The third kappa shape index (κ3) is 4.79. The van der Waals surface area contributed by atoms with Crippen LogP contribution in [0.2, 0.25) is 0 Å². The van der Waals surface area contributed by atoms with Crippen LogP contribution in [-0.4, -0.2) is 42.5 Å². The Morgan fingerprint density at radius 2 is 1.96 bits per heavy atom. The minimum atomic E-state index is 0.111. The number of ether oxygens (including phenoxy) is 1. The molecule has 132 valence electrons. The molecule has 1 aliphatic rings. The quantitative estimate of drug-likeness (QED) is 0.877. The van der Waals surface area contributed by atoms with Crippen molar-refractivity contribution in [3.05, 3.63) is 54.4 Å². The van der Waals surface area contributed by atoms with Crippen LogP contribution in [-0.2, 0) is 0 Å². The van der Waals surface area contributed by atoms with Gasteiger partial charge in [-0.1, -0.05) is 0 Å². The van der Waals surface area contributed by atoms with E-state index in [1.165, 1.54) is 6.42 Å². The second-order valence-electron chi connectivity index (χ2n) is 6.44. The molecule has 3 rings (SSSR count). The van der Waals surface area contributed by atoms with Gasteiger partial charge in [0, 0.05) is 24.8 Å². The lowest BCUT2D eigenvalue weighted by Gasteiger charge is -2.32. The first-order valence-corrected chi connectivity index (χ1v) is 8.88. The van der Waals surface area contributed by atoms with Crippen molar-refractivity contribution in [3.8, 4) is 11.5 Å². The van der Waals surface area contributed by atoms with E-state index in [0.717, 1.165) is 38.4 Å². The lowest BCUT2D eigenvalue weighted by Crippen LogP contribution is -2.38. The number of benzene rings is 1. The topological polar surface area (TPSA) is 54.5 Å². The van der Waals surface area contributed by atoms with Gasteiger partial charge in [0.25, 0.3) is 5.91 Å². The Hall–Kier alpha value is -2.40. The monoisotopic (exact) mass is 339 g/mol. The zero-order valence-corrected chi connectivity index (χ0v) is 14.6. The van der Waals surface area contributed by atoms with Gasteiger partial charge in [-0.15, -0.1) is 0 Å². The number of rotatable bonds is 6. The predicted octanol–water partition coefficient (Wildman–Crippen LogP) is 3.34. The normalized spacial score (nSPS) is 15.2. The highest BCUT2D eigenvalue weighted by atomic mass is 16.5. The maximum atomic E-state index is 12.7. The average molecular weight is 339 g/mol. The zero-order chi connectivity index (χ0) is 17.5. The zero-order valence-electron chi connectivity index (χ0n) is 14.6. The molecular formula is C20H25N3O2. The highest BCUT2D eigenvalue weighted by molar-refractivity contribution is 5.94. The molecule has 1 N–H and O–H groups in total. The fraction of sp³-hybridized carbons (Fsp3) is 0.400. The maximum Gasteiger partial charge on any atom is 0.253 e. The summed E-state index contributed by atoms with van der Waals surface area (Å²) in [6.07, 6.45) is 6.75. The van der Waals surface area contributed by atoms with E-state index in [4.69, 9.17) is 4.74 Å². The van der Waals surface area contributed by atoms with E-state index < -0.39 is 0 Å². The van der Waals surface area contributed by atoms with E-state index in [1.807, 2.05) is 48.3 Å². The molecule has 0 aliphatic carbocycles. The Balaban J connectivity index is 1.54. The van der Waals surface area contributed by atoms with Crippen LogP contribution >= 0.6 is 0 Å². The molecule has 0 saturated carbocycles. The minimum Gasteiger partial charge on any atom is -0.456 e. The van der Waals surface area contributed by atoms with Crippen LogP contribution in [0.25, 0.3) is 0 Å². The number of amides is 1. The SMILES string of the molecule is CNCCC1CCN(C(=O)c2ccc(Oc3cccnc3)cc2)CC1. The number of aromatic nitrogens is 1. The van der Waals surface area contributed by atoms with Gasteiger partial charge in [0.05, 0.1) is 6.20 Å². The summed E-state index contributed by atoms with van der Waals surface area (Å²) in [7, 11) is 1.99. The average Bonchev–Trinajstić information content (AvgIpc) is 2.68. The summed E-state index contributed by atoms with van der Waals surface area (Å²) in [6.45, 7) is 2.75. The van der Waals surface area contributed by atoms with E-state index in [-0.39, 0.29) is 5.91 Å². The molecule has 5 heteroatoms. The van der Waals surface area contributed by atoms with Crippen LogP contribution in [0, 0.1) is 5.92 Å². The van der Waals surface area contributed by atoms with Crippen LogP contribution < -0.4 is 10.1 Å². The minimum absolute atomic E-state index is 0.111. The number of nitrogens with one attached hydrogen (secondary N) is 1. The fourth-order valence-electron chi connectivity index (χ4n) is 3.16. The van der Waals surface area contributed by atoms with E-state index in [9.17, 15) is 4.79 Å². The molecule has 0 radical (unpaired) electrons. The molecule has 0 bridgehead atoms. The van der Waals surface area contributed by atoms with E-state index in [0.29, 0.717) is 17.1 Å². The summed E-state index contributed by atoms with van der Waals surface area (Å²) in [5.74, 6) is 2.23. The van der Waals surface area contributed by atoms with Gasteiger partial charge in [0.15, 0.2) is 0 Å². The van der Waals surface area contributed by atoms with Crippen molar-refractivity contribution in [2.24, 2.45) is 5.92 Å². The Bertz CT molecular complexity index is 665. The van der Waals surface area contributed by atoms with Gasteiger partial charge in [-0.2, -0.15) is 0 Å². The van der Waals surface area contributed by atoms with Crippen molar-refractivity contribution in [2.75, 3.05) is 26.7 Å². The molecule has 0 unspecified atom stereocenters. The standard InChI is InChI=1S/C20H25N3O2/c1-21-12-8-16-9-13-23(14-10-16)20(24)17-4-6-18(7-5-17)25-19-3-2-11-22-15-19/h2-7,11,15-16,21H,8-10,12-14H2,1H3. The predicted molar refractivity (Wildman–Crippen MR) is 97.9 cm³/mol. The summed E-state index contributed by atoms with van der Waals surface area (Å²) < 4.78 is 5.72. The Morgan fingerprint density at radius 1 is 1.20 bits per heavy atom. The number of nitrogens with zero attached hydrogens (tertiary/aromatic N) is 2. The summed E-state index contributed by atoms with van der Waals surface area (Å²) in [5, 5.41) is 3.20. The van der Waals surface area contributed by atoms with Crippen molar-refractivity contribution < 1.29 is 9.53 Å².